The molecule has 5 rings (SSSR count). The van der Waals surface area contributed by atoms with Gasteiger partial charge in [0.05, 0.1) is 18.0 Å². The zero-order valence-corrected chi connectivity index (χ0v) is 19.5. The molecule has 1 atom stereocenters. The number of aliphatic hydroxyl groups excluding tert-OH is 1. The lowest BCUT2D eigenvalue weighted by atomic mass is 10.1. The minimum Gasteiger partial charge on any atom is -0.439 e. The quantitative estimate of drug-likeness (QED) is 0.414. The van der Waals surface area contributed by atoms with Crippen LogP contribution < -0.4 is 10.5 Å². The Morgan fingerprint density at radius 3 is 2.81 bits per heavy atom. The van der Waals surface area contributed by atoms with Crippen LogP contribution in [0.2, 0.25) is 0 Å². The van der Waals surface area contributed by atoms with Gasteiger partial charge in [-0.2, -0.15) is 5.10 Å². The molecule has 1 amide bonds. The van der Waals surface area contributed by atoms with Crippen molar-refractivity contribution < 1.29 is 14.6 Å². The number of pyridine rings is 1. The Morgan fingerprint density at radius 2 is 2.03 bits per heavy atom. The average molecular weight is 484 g/mol. The van der Waals surface area contributed by atoms with Crippen molar-refractivity contribution >= 4 is 22.8 Å². The number of nitrogen functional groups attached to an aromatic ring is 1. The van der Waals surface area contributed by atoms with Gasteiger partial charge >= 0.3 is 0 Å². The van der Waals surface area contributed by atoms with Crippen molar-refractivity contribution in [2.75, 3.05) is 25.4 Å². The summed E-state index contributed by atoms with van der Waals surface area (Å²) >= 11 is 0. The second kappa shape index (κ2) is 10.4. The number of para-hydroxylation sites is 1. The zero-order valence-electron chi connectivity index (χ0n) is 19.5. The molecule has 0 aliphatic carbocycles. The molecule has 1 fully saturated rings. The Bertz CT molecular complexity index is 1430. The average Bonchev–Trinajstić information content (AvgIpc) is 3.31. The van der Waals surface area contributed by atoms with Crippen LogP contribution in [0.25, 0.3) is 22.3 Å². The number of likely N-dealkylation sites (tertiary alicyclic amines) is 1. The highest BCUT2D eigenvalue weighted by Gasteiger charge is 2.28. The molecule has 36 heavy (non-hydrogen) atoms. The Labute approximate surface area is 207 Å². The fourth-order valence-corrected chi connectivity index (χ4v) is 4.25. The number of nitrogens with zero attached hydrogens (tertiary/aromatic N) is 6. The van der Waals surface area contributed by atoms with E-state index in [1.807, 2.05) is 41.1 Å². The molecule has 0 unspecified atom stereocenters. The van der Waals surface area contributed by atoms with E-state index in [2.05, 4.69) is 26.8 Å². The smallest absolute Gasteiger partial charge is 0.298 e. The Hall–Kier alpha value is -4.49. The highest BCUT2D eigenvalue weighted by Crippen LogP contribution is 2.34. The lowest BCUT2D eigenvalue weighted by Gasteiger charge is -2.31. The summed E-state index contributed by atoms with van der Waals surface area (Å²) in [5.41, 5.74) is 8.23. The molecule has 0 spiro atoms. The minimum absolute atomic E-state index is 0.0691. The summed E-state index contributed by atoms with van der Waals surface area (Å²) in [6, 6.07) is 13.0. The van der Waals surface area contributed by atoms with Crippen molar-refractivity contribution in [2.24, 2.45) is 0 Å². The van der Waals surface area contributed by atoms with Crippen LogP contribution >= 0.6 is 0 Å². The van der Waals surface area contributed by atoms with Crippen LogP contribution in [0.3, 0.4) is 0 Å². The standard InChI is InChI=1S/C26H25N7O3/c27-25-23-24(18-11-12-21(28-15-18)36-20-8-2-1-3-9-20)31-33(26(23)30-17-29-25)19-7-6-13-32(16-19)22(35)10-4-5-14-34/h1-3,8-9,11-12,15,17,19,34H,5-7,13-14,16H2,(H2,27,29,30)/t19-/m1/s1. The first-order valence-electron chi connectivity index (χ1n) is 11.7. The molecule has 0 saturated carbocycles. The molecule has 10 nitrogen and oxygen atoms in total. The van der Waals surface area contributed by atoms with Crippen molar-refractivity contribution in [3.63, 3.8) is 0 Å². The van der Waals surface area contributed by atoms with Crippen molar-refractivity contribution in [3.05, 3.63) is 55.0 Å². The summed E-state index contributed by atoms with van der Waals surface area (Å²) in [4.78, 5) is 27.3. The maximum atomic E-state index is 12.5. The molecule has 0 bridgehead atoms. The van der Waals surface area contributed by atoms with E-state index in [1.165, 1.54) is 6.33 Å². The Balaban J connectivity index is 1.45. The highest BCUT2D eigenvalue weighted by molar-refractivity contribution is 5.98. The van der Waals surface area contributed by atoms with E-state index in [9.17, 15) is 4.79 Å². The number of hydrogen-bond donors (Lipinski definition) is 2. The normalized spacial score (nSPS) is 15.4. The lowest BCUT2D eigenvalue weighted by molar-refractivity contribution is -0.126. The van der Waals surface area contributed by atoms with E-state index in [4.69, 9.17) is 20.7 Å². The molecule has 4 aromatic rings. The third kappa shape index (κ3) is 4.82. The number of piperidine rings is 1. The van der Waals surface area contributed by atoms with Gasteiger partial charge in [0.15, 0.2) is 5.65 Å². The third-order valence-corrected chi connectivity index (χ3v) is 5.96. The molecule has 1 saturated heterocycles. The van der Waals surface area contributed by atoms with Crippen LogP contribution in [0.4, 0.5) is 5.82 Å². The van der Waals surface area contributed by atoms with Crippen LogP contribution in [-0.2, 0) is 4.79 Å². The number of benzene rings is 1. The summed E-state index contributed by atoms with van der Waals surface area (Å²) in [6.07, 6.45) is 5.01. The molecule has 3 N–H and O–H groups in total. The number of hydrogen-bond acceptors (Lipinski definition) is 8. The fourth-order valence-electron chi connectivity index (χ4n) is 4.25. The number of anilines is 1. The van der Waals surface area contributed by atoms with Crippen molar-refractivity contribution in [1.82, 2.24) is 29.6 Å². The van der Waals surface area contributed by atoms with Crippen molar-refractivity contribution in [1.29, 1.82) is 0 Å². The number of carbonyl (C=O) groups is 1. The molecule has 1 aliphatic heterocycles. The molecule has 10 heteroatoms. The maximum absolute atomic E-state index is 12.5. The van der Waals surface area contributed by atoms with Crippen LogP contribution in [-0.4, -0.2) is 60.3 Å². The Morgan fingerprint density at radius 1 is 1.17 bits per heavy atom. The second-order valence-electron chi connectivity index (χ2n) is 8.37. The van der Waals surface area contributed by atoms with E-state index in [0.717, 1.165) is 18.4 Å². The van der Waals surface area contributed by atoms with Crippen LogP contribution in [0.15, 0.2) is 55.0 Å². The molecule has 182 valence electrons. The minimum atomic E-state index is -0.253. The number of aliphatic hydroxyl groups is 1. The Kier molecular flexibility index (Phi) is 6.73. The number of aromatic nitrogens is 5. The predicted molar refractivity (Wildman–Crippen MR) is 134 cm³/mol. The largest absolute Gasteiger partial charge is 0.439 e. The van der Waals surface area contributed by atoms with Crippen molar-refractivity contribution in [2.45, 2.75) is 25.3 Å². The zero-order chi connectivity index (χ0) is 24.9. The number of nitrogens with two attached hydrogens (primary N) is 1. The van der Waals surface area contributed by atoms with Gasteiger partial charge in [0.25, 0.3) is 5.91 Å². The first-order valence-corrected chi connectivity index (χ1v) is 11.7. The molecular weight excluding hydrogens is 458 g/mol. The number of ether oxygens (including phenoxy) is 1. The second-order valence-corrected chi connectivity index (χ2v) is 8.37. The SMILES string of the molecule is Nc1ncnc2c1c(-c1ccc(Oc3ccccc3)nc1)nn2[C@@H]1CCCN(C(=O)C#CCCO)C1. The molecule has 3 aromatic heterocycles. The fraction of sp³-hybridized carbons (Fsp3) is 0.269. The number of carbonyl (C=O) groups excluding carboxylic acids is 1. The monoisotopic (exact) mass is 483 g/mol. The third-order valence-electron chi connectivity index (χ3n) is 5.96. The molecule has 0 radical (unpaired) electrons. The summed E-state index contributed by atoms with van der Waals surface area (Å²) in [7, 11) is 0. The maximum Gasteiger partial charge on any atom is 0.298 e. The van der Waals surface area contributed by atoms with E-state index in [-0.39, 0.29) is 25.0 Å². The molecule has 1 aromatic carbocycles. The molecule has 1 aliphatic rings. The van der Waals surface area contributed by atoms with Gasteiger partial charge in [-0.3, -0.25) is 4.79 Å². The van der Waals surface area contributed by atoms with Crippen LogP contribution in [0.5, 0.6) is 11.6 Å². The highest BCUT2D eigenvalue weighted by atomic mass is 16.5. The van der Waals surface area contributed by atoms with Gasteiger partial charge in [-0.05, 0) is 37.0 Å². The first-order chi connectivity index (χ1) is 17.6. The predicted octanol–water partition coefficient (Wildman–Crippen LogP) is 2.81. The van der Waals surface area contributed by atoms with Gasteiger partial charge in [0.1, 0.15) is 23.6 Å². The van der Waals surface area contributed by atoms with E-state index >= 15 is 0 Å². The molecular formula is C26H25N7O3. The van der Waals surface area contributed by atoms with E-state index < -0.39 is 0 Å². The van der Waals surface area contributed by atoms with E-state index in [1.54, 1.807) is 17.2 Å². The topological polar surface area (TPSA) is 132 Å². The van der Waals surface area contributed by atoms with Gasteiger partial charge in [0, 0.05) is 37.3 Å². The summed E-state index contributed by atoms with van der Waals surface area (Å²) in [6.45, 7) is 1.01. The van der Waals surface area contributed by atoms with Gasteiger partial charge < -0.3 is 20.5 Å². The van der Waals surface area contributed by atoms with Gasteiger partial charge in [0.2, 0.25) is 5.88 Å². The van der Waals surface area contributed by atoms with Gasteiger partial charge in [-0.25, -0.2) is 19.6 Å². The van der Waals surface area contributed by atoms with Gasteiger partial charge in [-0.15, -0.1) is 0 Å². The van der Waals surface area contributed by atoms with Crippen molar-refractivity contribution in [3.8, 4) is 34.7 Å². The summed E-state index contributed by atoms with van der Waals surface area (Å²) in [5, 5.41) is 14.4. The van der Waals surface area contributed by atoms with Gasteiger partial charge in [-0.1, -0.05) is 24.1 Å². The summed E-state index contributed by atoms with van der Waals surface area (Å²) in [5.74, 6) is 6.54. The number of amides is 1. The van der Waals surface area contributed by atoms with E-state index in [0.29, 0.717) is 47.3 Å². The lowest BCUT2D eigenvalue weighted by Crippen LogP contribution is -2.40. The number of fused-ring (bicyclic) bond motifs is 1. The van der Waals surface area contributed by atoms with Crippen LogP contribution in [0, 0.1) is 11.8 Å². The molecule has 4 heterocycles. The first kappa shape index (κ1) is 23.3. The van der Waals surface area contributed by atoms with Crippen LogP contribution in [0.1, 0.15) is 25.3 Å². The number of rotatable bonds is 5. The summed E-state index contributed by atoms with van der Waals surface area (Å²) < 4.78 is 7.63.